The maximum atomic E-state index is 12.3. The van der Waals surface area contributed by atoms with E-state index in [1.54, 1.807) is 12.1 Å². The van der Waals surface area contributed by atoms with Crippen LogP contribution in [-0.2, 0) is 6.54 Å². The van der Waals surface area contributed by atoms with Crippen molar-refractivity contribution in [2.24, 2.45) is 0 Å². The number of phenolic OH excluding ortho intramolecular Hbond substituents is 1. The van der Waals surface area contributed by atoms with E-state index in [0.29, 0.717) is 5.56 Å². The maximum Gasteiger partial charge on any atom is 0.390 e. The van der Waals surface area contributed by atoms with Crippen LogP contribution >= 0.6 is 0 Å². The van der Waals surface area contributed by atoms with Crippen LogP contribution in [0.5, 0.6) is 5.75 Å². The van der Waals surface area contributed by atoms with E-state index in [1.807, 2.05) is 24.3 Å². The highest BCUT2D eigenvalue weighted by Gasteiger charge is 2.29. The number of benzene rings is 2. The molecule has 5 heteroatoms. The van der Waals surface area contributed by atoms with Gasteiger partial charge in [-0.05, 0) is 23.8 Å². The molecule has 20 heavy (non-hydrogen) atoms. The summed E-state index contributed by atoms with van der Waals surface area (Å²) in [4.78, 5) is 0. The lowest BCUT2D eigenvalue weighted by Crippen LogP contribution is -2.30. The molecular formula is C15H16F3NO. The lowest BCUT2D eigenvalue weighted by Gasteiger charge is -2.17. The summed E-state index contributed by atoms with van der Waals surface area (Å²) in [7, 11) is 0. The molecule has 0 aliphatic rings. The van der Waals surface area contributed by atoms with Gasteiger partial charge in [0.05, 0.1) is 6.42 Å². The van der Waals surface area contributed by atoms with Crippen LogP contribution in [0.1, 0.15) is 18.9 Å². The quantitative estimate of drug-likeness (QED) is 0.889. The van der Waals surface area contributed by atoms with Gasteiger partial charge in [0, 0.05) is 18.2 Å². The molecule has 0 heterocycles. The summed E-state index contributed by atoms with van der Waals surface area (Å²) >= 11 is 0. The van der Waals surface area contributed by atoms with Gasteiger partial charge in [-0.2, -0.15) is 13.2 Å². The van der Waals surface area contributed by atoms with E-state index >= 15 is 0 Å². The number of hydrogen-bond donors (Lipinski definition) is 2. The number of hydrogen-bond acceptors (Lipinski definition) is 2. The Labute approximate surface area is 115 Å². The Morgan fingerprint density at radius 3 is 2.55 bits per heavy atom. The molecule has 2 aromatic rings. The molecule has 1 atom stereocenters. The number of phenols is 1. The van der Waals surface area contributed by atoms with Crippen molar-refractivity contribution >= 4 is 10.8 Å². The summed E-state index contributed by atoms with van der Waals surface area (Å²) in [6, 6.07) is 10.1. The molecule has 2 aromatic carbocycles. The predicted octanol–water partition coefficient (Wildman–Crippen LogP) is 3.98. The maximum absolute atomic E-state index is 12.3. The fourth-order valence-electron chi connectivity index (χ4n) is 2.21. The van der Waals surface area contributed by atoms with Crippen molar-refractivity contribution in [3.63, 3.8) is 0 Å². The van der Waals surface area contributed by atoms with E-state index < -0.39 is 18.6 Å². The minimum Gasteiger partial charge on any atom is -0.508 e. The van der Waals surface area contributed by atoms with Crippen LogP contribution in [0.4, 0.5) is 13.2 Å². The molecule has 0 aromatic heterocycles. The molecule has 108 valence electrons. The van der Waals surface area contributed by atoms with Crippen LogP contribution in [0, 0.1) is 0 Å². The van der Waals surface area contributed by atoms with Gasteiger partial charge in [-0.1, -0.05) is 30.3 Å². The van der Waals surface area contributed by atoms with E-state index in [1.165, 1.54) is 6.92 Å². The lowest BCUT2D eigenvalue weighted by molar-refractivity contribution is -0.139. The highest BCUT2D eigenvalue weighted by molar-refractivity contribution is 5.87. The molecule has 0 radical (unpaired) electrons. The average Bonchev–Trinajstić information content (AvgIpc) is 2.35. The highest BCUT2D eigenvalue weighted by Crippen LogP contribution is 2.27. The van der Waals surface area contributed by atoms with E-state index in [4.69, 9.17) is 0 Å². The number of halogens is 3. The number of rotatable bonds is 4. The number of alkyl halides is 3. The van der Waals surface area contributed by atoms with Gasteiger partial charge in [-0.25, -0.2) is 0 Å². The van der Waals surface area contributed by atoms with Crippen LogP contribution in [0.25, 0.3) is 10.8 Å². The highest BCUT2D eigenvalue weighted by atomic mass is 19.4. The third-order valence-electron chi connectivity index (χ3n) is 3.18. The van der Waals surface area contributed by atoms with Crippen LogP contribution in [0.2, 0.25) is 0 Å². The summed E-state index contributed by atoms with van der Waals surface area (Å²) in [5.41, 5.74) is 0.622. The van der Waals surface area contributed by atoms with Gasteiger partial charge in [-0.15, -0.1) is 0 Å². The molecular weight excluding hydrogens is 267 g/mol. The Morgan fingerprint density at radius 2 is 1.85 bits per heavy atom. The van der Waals surface area contributed by atoms with Gasteiger partial charge >= 0.3 is 6.18 Å². The smallest absolute Gasteiger partial charge is 0.390 e. The van der Waals surface area contributed by atoms with Crippen molar-refractivity contribution in [3.8, 4) is 5.75 Å². The normalized spacial score (nSPS) is 13.6. The predicted molar refractivity (Wildman–Crippen MR) is 72.6 cm³/mol. The van der Waals surface area contributed by atoms with Crippen molar-refractivity contribution in [2.75, 3.05) is 0 Å². The second kappa shape index (κ2) is 5.71. The average molecular weight is 283 g/mol. The third-order valence-corrected chi connectivity index (χ3v) is 3.18. The van der Waals surface area contributed by atoms with Crippen molar-refractivity contribution in [2.45, 2.75) is 32.1 Å². The van der Waals surface area contributed by atoms with Crippen LogP contribution < -0.4 is 5.32 Å². The Kier molecular flexibility index (Phi) is 4.18. The molecule has 2 rings (SSSR count). The van der Waals surface area contributed by atoms with E-state index in [2.05, 4.69) is 5.32 Å². The van der Waals surface area contributed by atoms with Crippen LogP contribution in [-0.4, -0.2) is 17.3 Å². The minimum absolute atomic E-state index is 0.0930. The largest absolute Gasteiger partial charge is 0.508 e. The molecule has 0 saturated heterocycles. The zero-order valence-electron chi connectivity index (χ0n) is 11.0. The molecule has 2 nitrogen and oxygen atoms in total. The summed E-state index contributed by atoms with van der Waals surface area (Å²) in [5, 5.41) is 14.5. The summed E-state index contributed by atoms with van der Waals surface area (Å²) in [5.74, 6) is 0.0930. The number of aromatic hydroxyl groups is 1. The molecule has 0 fully saturated rings. The van der Waals surface area contributed by atoms with Crippen molar-refractivity contribution in [3.05, 3.63) is 42.0 Å². The first-order valence-corrected chi connectivity index (χ1v) is 6.36. The molecule has 0 saturated carbocycles. The van der Waals surface area contributed by atoms with E-state index in [0.717, 1.165) is 10.8 Å². The Balaban J connectivity index is 2.15. The van der Waals surface area contributed by atoms with Gasteiger partial charge < -0.3 is 10.4 Å². The van der Waals surface area contributed by atoms with Gasteiger partial charge in [0.15, 0.2) is 0 Å². The van der Waals surface area contributed by atoms with Crippen molar-refractivity contribution in [1.29, 1.82) is 0 Å². The van der Waals surface area contributed by atoms with Crippen LogP contribution in [0.15, 0.2) is 36.4 Å². The fourth-order valence-corrected chi connectivity index (χ4v) is 2.21. The molecule has 0 bridgehead atoms. The van der Waals surface area contributed by atoms with Gasteiger partial charge in [0.2, 0.25) is 0 Å². The van der Waals surface area contributed by atoms with Crippen LogP contribution in [0.3, 0.4) is 0 Å². The Bertz CT molecular complexity index is 595. The Hall–Kier alpha value is -1.75. The third kappa shape index (κ3) is 3.63. The van der Waals surface area contributed by atoms with E-state index in [9.17, 15) is 18.3 Å². The topological polar surface area (TPSA) is 32.3 Å². The van der Waals surface area contributed by atoms with Gasteiger partial charge in [0.1, 0.15) is 5.75 Å². The first-order chi connectivity index (χ1) is 9.37. The van der Waals surface area contributed by atoms with Gasteiger partial charge in [0.25, 0.3) is 0 Å². The van der Waals surface area contributed by atoms with E-state index in [-0.39, 0.29) is 12.3 Å². The zero-order chi connectivity index (χ0) is 14.8. The Morgan fingerprint density at radius 1 is 1.15 bits per heavy atom. The second-order valence-electron chi connectivity index (χ2n) is 4.89. The standard InChI is InChI=1S/C15H16F3NO/c1-10(8-15(16,17)18)19-9-13-12-5-3-2-4-11(12)6-7-14(13)20/h2-7,10,19-20H,8-9H2,1H3. The number of nitrogens with one attached hydrogen (secondary N) is 1. The zero-order valence-corrected chi connectivity index (χ0v) is 11.0. The second-order valence-corrected chi connectivity index (χ2v) is 4.89. The summed E-state index contributed by atoms with van der Waals surface area (Å²) in [6.07, 6.45) is -5.08. The van der Waals surface area contributed by atoms with Crippen molar-refractivity contribution in [1.82, 2.24) is 5.32 Å². The SMILES string of the molecule is CC(CC(F)(F)F)NCc1c(O)ccc2ccccc12. The monoisotopic (exact) mass is 283 g/mol. The molecule has 0 aliphatic carbocycles. The lowest BCUT2D eigenvalue weighted by atomic mass is 10.0. The minimum atomic E-state index is -4.19. The molecule has 0 amide bonds. The fraction of sp³-hybridized carbons (Fsp3) is 0.333. The first-order valence-electron chi connectivity index (χ1n) is 6.36. The number of fused-ring (bicyclic) bond motifs is 1. The first kappa shape index (κ1) is 14.7. The molecule has 0 aliphatic heterocycles. The molecule has 2 N–H and O–H groups in total. The van der Waals surface area contributed by atoms with Gasteiger partial charge in [-0.3, -0.25) is 0 Å². The molecule has 1 unspecified atom stereocenters. The molecule has 0 spiro atoms. The summed E-state index contributed by atoms with van der Waals surface area (Å²) in [6.45, 7) is 1.68. The van der Waals surface area contributed by atoms with Crippen molar-refractivity contribution < 1.29 is 18.3 Å². The summed E-state index contributed by atoms with van der Waals surface area (Å²) < 4.78 is 36.8.